The first-order valence-electron chi connectivity index (χ1n) is 17.1. The Balaban J connectivity index is 1.19. The maximum atomic E-state index is 2.48. The first-order chi connectivity index (χ1) is 24.8. The van der Waals surface area contributed by atoms with Crippen molar-refractivity contribution in [1.82, 2.24) is 0 Å². The first kappa shape index (κ1) is 28.8. The third-order valence-electron chi connectivity index (χ3n) is 10.0. The molecule has 10 rings (SSSR count). The summed E-state index contributed by atoms with van der Waals surface area (Å²) < 4.78 is 2.60. The van der Waals surface area contributed by atoms with Crippen molar-refractivity contribution in [2.75, 3.05) is 4.90 Å². The van der Waals surface area contributed by atoms with Crippen LogP contribution in [0.25, 0.3) is 74.7 Å². The molecule has 0 aliphatic rings. The minimum absolute atomic E-state index is 1.13. The van der Waals surface area contributed by atoms with Crippen LogP contribution in [-0.4, -0.2) is 0 Å². The summed E-state index contributed by atoms with van der Waals surface area (Å²) in [6.45, 7) is 0. The lowest BCUT2D eigenvalue weighted by Gasteiger charge is -2.28. The van der Waals surface area contributed by atoms with Crippen LogP contribution in [0, 0.1) is 0 Å². The van der Waals surface area contributed by atoms with E-state index in [0.29, 0.717) is 0 Å². The smallest absolute Gasteiger partial charge is 0.0555 e. The summed E-state index contributed by atoms with van der Waals surface area (Å²) in [6, 6.07) is 68.8. The van der Waals surface area contributed by atoms with Gasteiger partial charge in [0.2, 0.25) is 0 Å². The summed E-state index contributed by atoms with van der Waals surface area (Å²) in [4.78, 5) is 2.48. The molecule has 0 aliphatic carbocycles. The number of nitrogens with zero attached hydrogens (tertiary/aromatic N) is 1. The quantitative estimate of drug-likeness (QED) is 0.167. The monoisotopic (exact) mass is 653 g/mol. The van der Waals surface area contributed by atoms with Crippen molar-refractivity contribution >= 4 is 80.9 Å². The van der Waals surface area contributed by atoms with E-state index in [1.54, 1.807) is 0 Å². The van der Waals surface area contributed by atoms with Gasteiger partial charge in [0.05, 0.1) is 11.4 Å². The van der Waals surface area contributed by atoms with Crippen LogP contribution in [-0.2, 0) is 0 Å². The number of fused-ring (bicyclic) bond motifs is 7. The molecule has 1 heterocycles. The maximum Gasteiger partial charge on any atom is 0.0555 e. The minimum atomic E-state index is 1.13. The van der Waals surface area contributed by atoms with E-state index in [0.717, 1.165) is 5.69 Å². The standard InChI is InChI=1S/C48H31NS/c1-2-13-34-30-36(25-24-32(34)12-1)39-16-6-5-15-38(39)33-26-28-37(29-27-33)49(44-21-11-23-47-48(44)43-20-9-10-22-46(43)50-47)45-31-35-14-3-4-17-40(35)41-18-7-8-19-42(41)45/h1-31H. The molecular formula is C48H31NS. The summed E-state index contributed by atoms with van der Waals surface area (Å²) in [6.07, 6.45) is 0. The van der Waals surface area contributed by atoms with E-state index in [-0.39, 0.29) is 0 Å². The number of benzene rings is 9. The predicted molar refractivity (Wildman–Crippen MR) is 217 cm³/mol. The van der Waals surface area contributed by atoms with E-state index < -0.39 is 0 Å². The molecule has 0 spiro atoms. The normalized spacial score (nSPS) is 11.6. The largest absolute Gasteiger partial charge is 0.309 e. The lowest BCUT2D eigenvalue weighted by atomic mass is 9.93. The second-order valence-corrected chi connectivity index (χ2v) is 14.0. The molecule has 9 aromatic carbocycles. The summed E-state index contributed by atoms with van der Waals surface area (Å²) in [5.74, 6) is 0. The van der Waals surface area contributed by atoms with Gasteiger partial charge in [-0.2, -0.15) is 0 Å². The van der Waals surface area contributed by atoms with E-state index in [9.17, 15) is 0 Å². The highest BCUT2D eigenvalue weighted by atomic mass is 32.1. The number of thiophene rings is 1. The van der Waals surface area contributed by atoms with E-state index in [1.165, 1.54) is 86.1 Å². The topological polar surface area (TPSA) is 3.24 Å². The molecular weight excluding hydrogens is 623 g/mol. The summed E-state index contributed by atoms with van der Waals surface area (Å²) >= 11 is 1.86. The molecule has 10 aromatic rings. The SMILES string of the molecule is c1ccc(-c2ccc3ccccc3c2)c(-c2ccc(N(c3cc4ccccc4c4ccccc34)c3cccc4sc5ccccc5c34)cc2)c1. The molecule has 0 saturated carbocycles. The van der Waals surface area contributed by atoms with Gasteiger partial charge in [0.1, 0.15) is 0 Å². The highest BCUT2D eigenvalue weighted by Gasteiger charge is 2.21. The zero-order chi connectivity index (χ0) is 33.0. The second kappa shape index (κ2) is 11.7. The Labute approximate surface area is 294 Å². The molecule has 2 heteroatoms. The van der Waals surface area contributed by atoms with Crippen LogP contribution in [0.4, 0.5) is 17.1 Å². The van der Waals surface area contributed by atoms with Crippen LogP contribution >= 0.6 is 11.3 Å². The Hall–Kier alpha value is -6.22. The molecule has 0 unspecified atom stereocenters. The van der Waals surface area contributed by atoms with Gasteiger partial charge in [-0.15, -0.1) is 11.3 Å². The summed E-state index contributed by atoms with van der Waals surface area (Å²) in [7, 11) is 0. The third-order valence-corrected chi connectivity index (χ3v) is 11.2. The van der Waals surface area contributed by atoms with Crippen molar-refractivity contribution < 1.29 is 0 Å². The highest BCUT2D eigenvalue weighted by molar-refractivity contribution is 7.26. The number of anilines is 3. The molecule has 0 radical (unpaired) electrons. The van der Waals surface area contributed by atoms with Gasteiger partial charge in [-0.05, 0) is 91.6 Å². The van der Waals surface area contributed by atoms with Crippen LogP contribution in [0.3, 0.4) is 0 Å². The lowest BCUT2D eigenvalue weighted by molar-refractivity contribution is 1.32. The number of rotatable bonds is 5. The Morgan fingerprint density at radius 2 is 0.940 bits per heavy atom. The van der Waals surface area contributed by atoms with Crippen LogP contribution in [0.2, 0.25) is 0 Å². The molecule has 0 aliphatic heterocycles. The van der Waals surface area contributed by atoms with Crippen LogP contribution in [0.15, 0.2) is 188 Å². The average Bonchev–Trinajstić information content (AvgIpc) is 3.58. The minimum Gasteiger partial charge on any atom is -0.309 e. The van der Waals surface area contributed by atoms with Crippen LogP contribution < -0.4 is 4.90 Å². The van der Waals surface area contributed by atoms with Gasteiger partial charge in [0, 0.05) is 31.2 Å². The van der Waals surface area contributed by atoms with E-state index >= 15 is 0 Å². The fourth-order valence-corrected chi connectivity index (χ4v) is 8.83. The van der Waals surface area contributed by atoms with Gasteiger partial charge >= 0.3 is 0 Å². The van der Waals surface area contributed by atoms with Gasteiger partial charge in [-0.3, -0.25) is 0 Å². The molecule has 1 aromatic heterocycles. The summed E-state index contributed by atoms with van der Waals surface area (Å²) in [5, 5.41) is 10.1. The molecule has 0 saturated heterocycles. The van der Waals surface area contributed by atoms with Gasteiger partial charge in [0.15, 0.2) is 0 Å². The first-order valence-corrected chi connectivity index (χ1v) is 17.9. The fourth-order valence-electron chi connectivity index (χ4n) is 7.70. The lowest BCUT2D eigenvalue weighted by Crippen LogP contribution is -2.11. The van der Waals surface area contributed by atoms with Gasteiger partial charge in [-0.1, -0.05) is 146 Å². The van der Waals surface area contributed by atoms with Crippen molar-refractivity contribution in [2.45, 2.75) is 0 Å². The van der Waals surface area contributed by atoms with Gasteiger partial charge < -0.3 is 4.90 Å². The molecule has 0 N–H and O–H groups in total. The fraction of sp³-hybridized carbons (Fsp3) is 0. The van der Waals surface area contributed by atoms with Crippen molar-refractivity contribution in [3.63, 3.8) is 0 Å². The molecule has 0 fully saturated rings. The predicted octanol–water partition coefficient (Wildman–Crippen LogP) is 14.3. The van der Waals surface area contributed by atoms with Crippen molar-refractivity contribution in [3.05, 3.63) is 188 Å². The molecule has 0 atom stereocenters. The Kier molecular flexibility index (Phi) is 6.75. The van der Waals surface area contributed by atoms with Gasteiger partial charge in [0.25, 0.3) is 0 Å². The zero-order valence-electron chi connectivity index (χ0n) is 27.3. The molecule has 234 valence electrons. The summed E-state index contributed by atoms with van der Waals surface area (Å²) in [5.41, 5.74) is 8.36. The molecule has 0 bridgehead atoms. The Morgan fingerprint density at radius 1 is 0.340 bits per heavy atom. The van der Waals surface area contributed by atoms with Crippen molar-refractivity contribution in [2.24, 2.45) is 0 Å². The Morgan fingerprint density at radius 3 is 1.76 bits per heavy atom. The number of hydrogen-bond acceptors (Lipinski definition) is 2. The number of hydrogen-bond donors (Lipinski definition) is 0. The van der Waals surface area contributed by atoms with Crippen molar-refractivity contribution in [3.8, 4) is 22.3 Å². The highest BCUT2D eigenvalue weighted by Crippen LogP contribution is 2.48. The van der Waals surface area contributed by atoms with E-state index in [1.807, 2.05) is 11.3 Å². The van der Waals surface area contributed by atoms with Gasteiger partial charge in [-0.25, -0.2) is 0 Å². The molecule has 0 amide bonds. The van der Waals surface area contributed by atoms with E-state index in [4.69, 9.17) is 0 Å². The van der Waals surface area contributed by atoms with E-state index in [2.05, 4.69) is 193 Å². The average molecular weight is 654 g/mol. The third kappa shape index (κ3) is 4.69. The van der Waals surface area contributed by atoms with Crippen LogP contribution in [0.5, 0.6) is 0 Å². The Bertz CT molecular complexity index is 2880. The van der Waals surface area contributed by atoms with Crippen molar-refractivity contribution in [1.29, 1.82) is 0 Å². The van der Waals surface area contributed by atoms with Crippen LogP contribution in [0.1, 0.15) is 0 Å². The molecule has 50 heavy (non-hydrogen) atoms. The zero-order valence-corrected chi connectivity index (χ0v) is 28.1. The maximum absolute atomic E-state index is 2.48. The second-order valence-electron chi connectivity index (χ2n) is 12.9. The molecule has 1 nitrogen and oxygen atoms in total.